The van der Waals surface area contributed by atoms with Crippen molar-refractivity contribution >= 4 is 22.8 Å². The third-order valence-electron chi connectivity index (χ3n) is 6.87. The van der Waals surface area contributed by atoms with Gasteiger partial charge < -0.3 is 14.8 Å². The summed E-state index contributed by atoms with van der Waals surface area (Å²) in [5, 5.41) is 3.04. The minimum atomic E-state index is -0.545. The van der Waals surface area contributed by atoms with Crippen LogP contribution in [0.4, 0.5) is 20.5 Å². The highest BCUT2D eigenvalue weighted by molar-refractivity contribution is 5.84. The number of likely N-dealkylation sites (N-methyl/N-ethyl adjacent to an activating group) is 1. The van der Waals surface area contributed by atoms with Crippen LogP contribution in [-0.2, 0) is 6.54 Å². The largest absolute Gasteiger partial charge is 0.326 e. The average Bonchev–Trinajstić information content (AvgIpc) is 3.23. The molecule has 1 aliphatic rings. The number of halogens is 2. The van der Waals surface area contributed by atoms with Crippen LogP contribution in [0.5, 0.6) is 0 Å². The fourth-order valence-corrected chi connectivity index (χ4v) is 4.94. The van der Waals surface area contributed by atoms with Crippen molar-refractivity contribution in [3.05, 3.63) is 59.8 Å². The predicted molar refractivity (Wildman–Crippen MR) is 141 cm³/mol. The van der Waals surface area contributed by atoms with E-state index < -0.39 is 11.6 Å². The zero-order valence-electron chi connectivity index (χ0n) is 21.7. The van der Waals surface area contributed by atoms with Crippen molar-refractivity contribution in [2.75, 3.05) is 38.0 Å². The van der Waals surface area contributed by atoms with Gasteiger partial charge in [0.15, 0.2) is 5.82 Å². The van der Waals surface area contributed by atoms with Crippen molar-refractivity contribution in [2.45, 2.75) is 40.3 Å². The Hall–Kier alpha value is -3.50. The van der Waals surface area contributed by atoms with Gasteiger partial charge in [0.05, 0.1) is 11.7 Å². The van der Waals surface area contributed by atoms with Gasteiger partial charge in [0.1, 0.15) is 23.0 Å². The van der Waals surface area contributed by atoms with Crippen LogP contribution in [0.1, 0.15) is 38.2 Å². The van der Waals surface area contributed by atoms with E-state index in [-0.39, 0.29) is 17.1 Å². The molecule has 0 spiro atoms. The van der Waals surface area contributed by atoms with Crippen LogP contribution in [0, 0.1) is 18.6 Å². The molecule has 1 aromatic carbocycles. The number of hydrogen-bond acceptors (Lipinski definition) is 7. The standard InChI is InChI=1S/C27H32F2N8/c1-5-35-6-8-36(9-7-35)16-19-13-31-27(32-14-19)34-25-12-21(23(29)15-30-25)20-10-22(28)26-24(11-20)37(17(2)3)18(4)33-26/h10-15,17H,5-9,16H2,1-4H3,(H,30,31,32,34). The van der Waals surface area contributed by atoms with Crippen LogP contribution in [0.2, 0.25) is 0 Å². The number of aryl methyl sites for hydroxylation is 1. The maximum Gasteiger partial charge on any atom is 0.228 e. The summed E-state index contributed by atoms with van der Waals surface area (Å²) in [4.78, 5) is 22.2. The first-order valence-corrected chi connectivity index (χ1v) is 12.7. The van der Waals surface area contributed by atoms with E-state index in [2.05, 4.69) is 42.0 Å². The Morgan fingerprint density at radius 2 is 1.62 bits per heavy atom. The lowest BCUT2D eigenvalue weighted by Gasteiger charge is -2.33. The lowest BCUT2D eigenvalue weighted by atomic mass is 10.0. The smallest absolute Gasteiger partial charge is 0.228 e. The maximum atomic E-state index is 15.0. The molecule has 5 rings (SSSR count). The summed E-state index contributed by atoms with van der Waals surface area (Å²) in [7, 11) is 0. The molecule has 0 bridgehead atoms. The van der Waals surface area contributed by atoms with Crippen LogP contribution in [0.15, 0.2) is 36.8 Å². The van der Waals surface area contributed by atoms with Gasteiger partial charge in [-0.2, -0.15) is 0 Å². The molecule has 8 nitrogen and oxygen atoms in total. The van der Waals surface area contributed by atoms with Crippen LogP contribution in [0.25, 0.3) is 22.2 Å². The molecule has 1 fully saturated rings. The van der Waals surface area contributed by atoms with Crippen molar-refractivity contribution in [1.29, 1.82) is 0 Å². The number of benzene rings is 1. The van der Waals surface area contributed by atoms with E-state index in [9.17, 15) is 8.78 Å². The van der Waals surface area contributed by atoms with Gasteiger partial charge in [0.2, 0.25) is 5.95 Å². The van der Waals surface area contributed by atoms with Gasteiger partial charge in [0.25, 0.3) is 0 Å². The molecule has 4 aromatic rings. The topological polar surface area (TPSA) is 75.0 Å². The van der Waals surface area contributed by atoms with E-state index in [4.69, 9.17) is 0 Å². The van der Waals surface area contributed by atoms with Crippen molar-refractivity contribution in [2.24, 2.45) is 0 Å². The zero-order valence-corrected chi connectivity index (χ0v) is 21.7. The second-order valence-electron chi connectivity index (χ2n) is 9.75. The third-order valence-corrected chi connectivity index (χ3v) is 6.87. The van der Waals surface area contributed by atoms with Crippen molar-refractivity contribution in [3.8, 4) is 11.1 Å². The van der Waals surface area contributed by atoms with Gasteiger partial charge in [-0.05, 0) is 51.1 Å². The highest BCUT2D eigenvalue weighted by Gasteiger charge is 2.18. The number of imidazole rings is 1. The van der Waals surface area contributed by atoms with Crippen LogP contribution in [-0.4, -0.2) is 67.0 Å². The second-order valence-corrected chi connectivity index (χ2v) is 9.75. The number of anilines is 2. The highest BCUT2D eigenvalue weighted by atomic mass is 19.1. The van der Waals surface area contributed by atoms with Crippen molar-refractivity contribution in [3.63, 3.8) is 0 Å². The van der Waals surface area contributed by atoms with Crippen molar-refractivity contribution in [1.82, 2.24) is 34.3 Å². The molecule has 1 aliphatic heterocycles. The second kappa shape index (κ2) is 10.5. The zero-order chi connectivity index (χ0) is 26.1. The van der Waals surface area contributed by atoms with Crippen LogP contribution < -0.4 is 5.32 Å². The number of rotatable bonds is 7. The first kappa shape index (κ1) is 25.2. The molecule has 10 heteroatoms. The normalized spacial score (nSPS) is 15.1. The summed E-state index contributed by atoms with van der Waals surface area (Å²) in [5.74, 6) is 0.405. The Morgan fingerprint density at radius 3 is 2.30 bits per heavy atom. The molecule has 0 saturated carbocycles. The number of nitrogens with zero attached hydrogens (tertiary/aromatic N) is 7. The van der Waals surface area contributed by atoms with E-state index in [1.54, 1.807) is 24.5 Å². The Balaban J connectivity index is 1.35. The lowest BCUT2D eigenvalue weighted by Crippen LogP contribution is -2.45. The number of hydrogen-bond donors (Lipinski definition) is 1. The predicted octanol–water partition coefficient (Wildman–Crippen LogP) is 4.94. The summed E-state index contributed by atoms with van der Waals surface area (Å²) in [6, 6.07) is 4.71. The third kappa shape index (κ3) is 5.30. The molecule has 194 valence electrons. The SMILES string of the molecule is CCN1CCN(Cc2cnc(Nc3cc(-c4cc(F)c5nc(C)n(C(C)C)c5c4)c(F)cn3)nc2)CC1. The molecule has 0 atom stereocenters. The molecule has 0 radical (unpaired) electrons. The average molecular weight is 507 g/mol. The number of pyridine rings is 1. The Kier molecular flexibility index (Phi) is 7.12. The maximum absolute atomic E-state index is 15.0. The first-order valence-electron chi connectivity index (χ1n) is 12.7. The molecule has 1 N–H and O–H groups in total. The molecule has 4 heterocycles. The minimum absolute atomic E-state index is 0.0835. The molecule has 1 saturated heterocycles. The number of nitrogens with one attached hydrogen (secondary N) is 1. The van der Waals surface area contributed by atoms with E-state index in [0.717, 1.165) is 51.0 Å². The van der Waals surface area contributed by atoms with Gasteiger partial charge in [0, 0.05) is 62.3 Å². The summed E-state index contributed by atoms with van der Waals surface area (Å²) in [5.41, 5.74) is 2.58. The monoisotopic (exact) mass is 506 g/mol. The van der Waals surface area contributed by atoms with Gasteiger partial charge in [-0.1, -0.05) is 6.92 Å². The van der Waals surface area contributed by atoms with Gasteiger partial charge >= 0.3 is 0 Å². The van der Waals surface area contributed by atoms with Crippen LogP contribution >= 0.6 is 0 Å². The summed E-state index contributed by atoms with van der Waals surface area (Å²) >= 11 is 0. The molecule has 0 aliphatic carbocycles. The summed E-state index contributed by atoms with van der Waals surface area (Å²) < 4.78 is 31.7. The number of fused-ring (bicyclic) bond motifs is 1. The van der Waals surface area contributed by atoms with Gasteiger partial charge in [-0.25, -0.2) is 28.7 Å². The molecule has 0 amide bonds. The summed E-state index contributed by atoms with van der Waals surface area (Å²) in [6.45, 7) is 14.1. The molecular formula is C27H32F2N8. The van der Waals surface area contributed by atoms with Crippen molar-refractivity contribution < 1.29 is 8.78 Å². The quantitative estimate of drug-likeness (QED) is 0.381. The number of piperazine rings is 1. The highest BCUT2D eigenvalue weighted by Crippen LogP contribution is 2.32. The first-order chi connectivity index (χ1) is 17.8. The Bertz CT molecular complexity index is 1390. The Labute approximate surface area is 215 Å². The fourth-order valence-electron chi connectivity index (χ4n) is 4.94. The molecule has 37 heavy (non-hydrogen) atoms. The molecule has 3 aromatic heterocycles. The van der Waals surface area contributed by atoms with E-state index in [1.807, 2.05) is 25.3 Å². The fraction of sp³-hybridized carbons (Fsp3) is 0.407. The van der Waals surface area contributed by atoms with E-state index in [1.165, 1.54) is 6.07 Å². The van der Waals surface area contributed by atoms with E-state index >= 15 is 0 Å². The molecular weight excluding hydrogens is 474 g/mol. The van der Waals surface area contributed by atoms with E-state index in [0.29, 0.717) is 28.7 Å². The van der Waals surface area contributed by atoms with Gasteiger partial charge in [-0.3, -0.25) is 4.90 Å². The number of aromatic nitrogens is 5. The molecule has 0 unspecified atom stereocenters. The lowest BCUT2D eigenvalue weighted by molar-refractivity contribution is 0.132. The Morgan fingerprint density at radius 1 is 0.919 bits per heavy atom. The van der Waals surface area contributed by atoms with Gasteiger partial charge in [-0.15, -0.1) is 0 Å². The summed E-state index contributed by atoms with van der Waals surface area (Å²) in [6.07, 6.45) is 4.71. The van der Waals surface area contributed by atoms with Crippen LogP contribution in [0.3, 0.4) is 0 Å². The minimum Gasteiger partial charge on any atom is -0.326 e.